The Morgan fingerprint density at radius 3 is 2.48 bits per heavy atom. The molecule has 2 nitrogen and oxygen atoms in total. The average molecular weight is 286 g/mol. The number of rotatable bonds is 5. The minimum atomic E-state index is 0.987. The zero-order valence-corrected chi connectivity index (χ0v) is 13.5. The molecule has 1 aliphatic carbocycles. The van der Waals surface area contributed by atoms with Crippen molar-refractivity contribution in [1.29, 1.82) is 0 Å². The summed E-state index contributed by atoms with van der Waals surface area (Å²) in [5.74, 6) is 2.03. The fraction of sp³-hybridized carbons (Fsp3) is 0.684. The lowest BCUT2D eigenvalue weighted by Crippen LogP contribution is -2.41. The minimum absolute atomic E-state index is 0.987. The standard InChI is InChI=1S/C19H30N2/c1-2-20-13-16-7-9-17(10-8-16)14-21-12-11-18-5-3-4-6-19(18)15-21/h7-10,18-20H,2-6,11-15H2,1H3. The first kappa shape index (κ1) is 15.1. The Kier molecular flexibility index (Phi) is 5.32. The van der Waals surface area contributed by atoms with Gasteiger partial charge in [-0.3, -0.25) is 4.90 Å². The number of hydrogen-bond acceptors (Lipinski definition) is 2. The van der Waals surface area contributed by atoms with Crippen LogP contribution in [0.1, 0.15) is 50.2 Å². The van der Waals surface area contributed by atoms with Crippen LogP contribution in [-0.4, -0.2) is 24.5 Å². The van der Waals surface area contributed by atoms with Gasteiger partial charge in [0, 0.05) is 19.6 Å². The Bertz CT molecular complexity index is 426. The summed E-state index contributed by atoms with van der Waals surface area (Å²) in [5, 5.41) is 3.39. The Labute approximate surface area is 129 Å². The molecule has 0 aromatic heterocycles. The third-order valence-corrected chi connectivity index (χ3v) is 5.38. The molecular weight excluding hydrogens is 256 g/mol. The highest BCUT2D eigenvalue weighted by atomic mass is 15.1. The normalized spacial score (nSPS) is 26.5. The van der Waals surface area contributed by atoms with E-state index in [2.05, 4.69) is 41.4 Å². The molecule has 0 bridgehead atoms. The van der Waals surface area contributed by atoms with E-state index in [0.717, 1.165) is 31.5 Å². The number of likely N-dealkylation sites (tertiary alicyclic amines) is 1. The van der Waals surface area contributed by atoms with Crippen molar-refractivity contribution in [3.8, 4) is 0 Å². The minimum Gasteiger partial charge on any atom is -0.313 e. The molecule has 21 heavy (non-hydrogen) atoms. The number of fused-ring (bicyclic) bond motifs is 1. The maximum Gasteiger partial charge on any atom is 0.0233 e. The van der Waals surface area contributed by atoms with Gasteiger partial charge in [-0.15, -0.1) is 0 Å². The van der Waals surface area contributed by atoms with Crippen LogP contribution in [0.4, 0.5) is 0 Å². The number of nitrogens with zero attached hydrogens (tertiary/aromatic N) is 1. The fourth-order valence-corrected chi connectivity index (χ4v) is 4.11. The number of nitrogens with one attached hydrogen (secondary N) is 1. The van der Waals surface area contributed by atoms with Crippen molar-refractivity contribution < 1.29 is 0 Å². The first-order valence-corrected chi connectivity index (χ1v) is 8.86. The Morgan fingerprint density at radius 2 is 1.71 bits per heavy atom. The molecule has 1 aromatic rings. The highest BCUT2D eigenvalue weighted by molar-refractivity contribution is 5.22. The van der Waals surface area contributed by atoms with Gasteiger partial charge in [0.2, 0.25) is 0 Å². The quantitative estimate of drug-likeness (QED) is 0.885. The molecule has 1 saturated heterocycles. The lowest BCUT2D eigenvalue weighted by molar-refractivity contribution is 0.0820. The van der Waals surface area contributed by atoms with Gasteiger partial charge < -0.3 is 5.32 Å². The van der Waals surface area contributed by atoms with Gasteiger partial charge in [0.25, 0.3) is 0 Å². The third-order valence-electron chi connectivity index (χ3n) is 5.38. The van der Waals surface area contributed by atoms with Gasteiger partial charge >= 0.3 is 0 Å². The predicted octanol–water partition coefficient (Wildman–Crippen LogP) is 3.81. The monoisotopic (exact) mass is 286 g/mol. The van der Waals surface area contributed by atoms with E-state index in [9.17, 15) is 0 Å². The van der Waals surface area contributed by atoms with Gasteiger partial charge in [-0.2, -0.15) is 0 Å². The van der Waals surface area contributed by atoms with Crippen molar-refractivity contribution in [2.75, 3.05) is 19.6 Å². The highest BCUT2D eigenvalue weighted by Gasteiger charge is 2.30. The molecule has 2 aliphatic rings. The summed E-state index contributed by atoms with van der Waals surface area (Å²) in [5.41, 5.74) is 2.87. The van der Waals surface area contributed by atoms with Gasteiger partial charge in [-0.25, -0.2) is 0 Å². The van der Waals surface area contributed by atoms with E-state index in [1.165, 1.54) is 56.3 Å². The summed E-state index contributed by atoms with van der Waals surface area (Å²) in [4.78, 5) is 2.69. The van der Waals surface area contributed by atoms with Crippen molar-refractivity contribution in [2.45, 2.75) is 52.1 Å². The Hall–Kier alpha value is -0.860. The van der Waals surface area contributed by atoms with E-state index in [0.29, 0.717) is 0 Å². The Morgan fingerprint density at radius 1 is 1.00 bits per heavy atom. The molecule has 1 heterocycles. The molecule has 1 aliphatic heterocycles. The molecule has 2 heteroatoms. The van der Waals surface area contributed by atoms with Crippen LogP contribution in [0, 0.1) is 11.8 Å². The van der Waals surface area contributed by atoms with Crippen LogP contribution >= 0.6 is 0 Å². The van der Waals surface area contributed by atoms with Gasteiger partial charge in [0.1, 0.15) is 0 Å². The lowest BCUT2D eigenvalue weighted by atomic mass is 9.75. The van der Waals surface area contributed by atoms with E-state index < -0.39 is 0 Å². The number of piperidine rings is 1. The second-order valence-electron chi connectivity index (χ2n) is 6.93. The summed E-state index contributed by atoms with van der Waals surface area (Å²) >= 11 is 0. The molecule has 3 rings (SSSR count). The van der Waals surface area contributed by atoms with Crippen LogP contribution in [0.25, 0.3) is 0 Å². The van der Waals surface area contributed by atoms with E-state index in [-0.39, 0.29) is 0 Å². The number of benzene rings is 1. The van der Waals surface area contributed by atoms with Crippen LogP contribution in [0.3, 0.4) is 0 Å². The van der Waals surface area contributed by atoms with Crippen molar-refractivity contribution >= 4 is 0 Å². The summed E-state index contributed by atoms with van der Waals surface area (Å²) < 4.78 is 0. The molecule has 0 radical (unpaired) electrons. The van der Waals surface area contributed by atoms with Gasteiger partial charge in [0.15, 0.2) is 0 Å². The first-order valence-electron chi connectivity index (χ1n) is 8.86. The zero-order valence-electron chi connectivity index (χ0n) is 13.5. The summed E-state index contributed by atoms with van der Waals surface area (Å²) in [6.07, 6.45) is 7.35. The van der Waals surface area contributed by atoms with Crippen molar-refractivity contribution in [3.63, 3.8) is 0 Å². The number of hydrogen-bond donors (Lipinski definition) is 1. The summed E-state index contributed by atoms with van der Waals surface area (Å²) in [6, 6.07) is 9.20. The molecule has 0 spiro atoms. The van der Waals surface area contributed by atoms with Gasteiger partial charge in [-0.1, -0.05) is 50.5 Å². The van der Waals surface area contributed by atoms with Crippen LogP contribution in [-0.2, 0) is 13.1 Å². The third kappa shape index (κ3) is 4.08. The fourth-order valence-electron chi connectivity index (χ4n) is 4.11. The van der Waals surface area contributed by atoms with E-state index >= 15 is 0 Å². The molecule has 2 atom stereocenters. The van der Waals surface area contributed by atoms with Gasteiger partial charge in [-0.05, 0) is 48.9 Å². The predicted molar refractivity (Wildman–Crippen MR) is 89.2 cm³/mol. The smallest absolute Gasteiger partial charge is 0.0233 e. The Balaban J connectivity index is 1.52. The van der Waals surface area contributed by atoms with Crippen LogP contribution in [0.15, 0.2) is 24.3 Å². The topological polar surface area (TPSA) is 15.3 Å². The van der Waals surface area contributed by atoms with E-state index in [1.807, 2.05) is 0 Å². The molecule has 1 saturated carbocycles. The highest BCUT2D eigenvalue weighted by Crippen LogP contribution is 2.36. The van der Waals surface area contributed by atoms with Gasteiger partial charge in [0.05, 0.1) is 0 Å². The molecule has 1 aromatic carbocycles. The lowest BCUT2D eigenvalue weighted by Gasteiger charge is -2.41. The van der Waals surface area contributed by atoms with E-state index in [4.69, 9.17) is 0 Å². The molecule has 2 fully saturated rings. The van der Waals surface area contributed by atoms with Crippen LogP contribution in [0.2, 0.25) is 0 Å². The first-order chi connectivity index (χ1) is 10.3. The SMILES string of the molecule is CCNCc1ccc(CN2CCC3CCCCC3C2)cc1. The average Bonchev–Trinajstić information content (AvgIpc) is 2.54. The zero-order chi connectivity index (χ0) is 14.5. The summed E-state index contributed by atoms with van der Waals surface area (Å²) in [6.45, 7) is 7.97. The van der Waals surface area contributed by atoms with E-state index in [1.54, 1.807) is 0 Å². The summed E-state index contributed by atoms with van der Waals surface area (Å²) in [7, 11) is 0. The largest absolute Gasteiger partial charge is 0.313 e. The maximum absolute atomic E-state index is 3.39. The molecule has 1 N–H and O–H groups in total. The second kappa shape index (κ2) is 7.42. The van der Waals surface area contributed by atoms with Crippen LogP contribution < -0.4 is 5.32 Å². The molecule has 2 unspecified atom stereocenters. The van der Waals surface area contributed by atoms with Crippen LogP contribution in [0.5, 0.6) is 0 Å². The van der Waals surface area contributed by atoms with Crippen molar-refractivity contribution in [1.82, 2.24) is 10.2 Å². The molecular formula is C19H30N2. The van der Waals surface area contributed by atoms with Crippen molar-refractivity contribution in [2.24, 2.45) is 11.8 Å². The second-order valence-corrected chi connectivity index (χ2v) is 6.93. The van der Waals surface area contributed by atoms with Crippen molar-refractivity contribution in [3.05, 3.63) is 35.4 Å². The molecule has 0 amide bonds. The maximum atomic E-state index is 3.39. The molecule has 116 valence electrons.